The molecule has 0 radical (unpaired) electrons. The van der Waals surface area contributed by atoms with Gasteiger partial charge in [-0.1, -0.05) is 13.0 Å². The fraction of sp³-hybridized carbons (Fsp3) is 0.133. The standard InChI is InChI=1S/C15H14N2O3/c1-2-10-3-8-13(14(18)9-10)17-16-12-6-4-11(5-7-12)15(19)20/h3-9,18H,2H2,1H3,(H,19,20). The van der Waals surface area contributed by atoms with Gasteiger partial charge in [0.1, 0.15) is 11.4 Å². The smallest absolute Gasteiger partial charge is 0.335 e. The Morgan fingerprint density at radius 1 is 1.10 bits per heavy atom. The summed E-state index contributed by atoms with van der Waals surface area (Å²) in [6, 6.07) is 11.3. The number of carbonyl (C=O) groups is 1. The van der Waals surface area contributed by atoms with E-state index in [1.54, 1.807) is 24.3 Å². The van der Waals surface area contributed by atoms with Gasteiger partial charge >= 0.3 is 5.97 Å². The molecule has 20 heavy (non-hydrogen) atoms. The average Bonchev–Trinajstić information content (AvgIpc) is 2.46. The second-order valence-corrected chi connectivity index (χ2v) is 4.23. The maximum atomic E-state index is 10.7. The van der Waals surface area contributed by atoms with E-state index in [1.165, 1.54) is 12.1 Å². The molecule has 2 aromatic rings. The minimum Gasteiger partial charge on any atom is -0.506 e. The van der Waals surface area contributed by atoms with Crippen molar-refractivity contribution in [1.82, 2.24) is 0 Å². The SMILES string of the molecule is CCc1ccc(N=Nc2ccc(C(=O)O)cc2)c(O)c1. The van der Waals surface area contributed by atoms with Gasteiger partial charge < -0.3 is 10.2 Å². The van der Waals surface area contributed by atoms with Crippen LogP contribution in [0.2, 0.25) is 0 Å². The number of phenols is 1. The van der Waals surface area contributed by atoms with Crippen molar-refractivity contribution in [3.8, 4) is 5.75 Å². The number of nitrogens with zero attached hydrogens (tertiary/aromatic N) is 2. The van der Waals surface area contributed by atoms with E-state index >= 15 is 0 Å². The maximum absolute atomic E-state index is 10.7. The molecule has 2 N–H and O–H groups in total. The van der Waals surface area contributed by atoms with E-state index in [9.17, 15) is 9.90 Å². The second-order valence-electron chi connectivity index (χ2n) is 4.23. The first kappa shape index (κ1) is 13.7. The molecule has 2 rings (SSSR count). The third kappa shape index (κ3) is 3.20. The molecule has 0 saturated heterocycles. The van der Waals surface area contributed by atoms with Gasteiger partial charge in [-0.3, -0.25) is 0 Å². The monoisotopic (exact) mass is 270 g/mol. The molecular weight excluding hydrogens is 256 g/mol. The molecule has 0 spiro atoms. The Morgan fingerprint density at radius 2 is 1.80 bits per heavy atom. The molecule has 0 atom stereocenters. The van der Waals surface area contributed by atoms with E-state index in [0.29, 0.717) is 11.4 Å². The summed E-state index contributed by atoms with van der Waals surface area (Å²) in [7, 11) is 0. The molecule has 0 aliphatic rings. The van der Waals surface area contributed by atoms with Gasteiger partial charge in [-0.2, -0.15) is 5.11 Å². The van der Waals surface area contributed by atoms with Crippen LogP contribution in [0.3, 0.4) is 0 Å². The molecule has 0 aromatic heterocycles. The number of aromatic hydroxyl groups is 1. The normalized spacial score (nSPS) is 10.8. The quantitative estimate of drug-likeness (QED) is 0.821. The summed E-state index contributed by atoms with van der Waals surface area (Å²) in [6.07, 6.45) is 0.835. The number of carboxylic acids is 1. The molecule has 0 heterocycles. The van der Waals surface area contributed by atoms with Gasteiger partial charge in [0.2, 0.25) is 0 Å². The fourth-order valence-corrected chi connectivity index (χ4v) is 1.66. The second kappa shape index (κ2) is 5.97. The number of azo groups is 1. The lowest BCUT2D eigenvalue weighted by Crippen LogP contribution is -1.93. The lowest BCUT2D eigenvalue weighted by molar-refractivity contribution is 0.0697. The van der Waals surface area contributed by atoms with Crippen LogP contribution >= 0.6 is 0 Å². The summed E-state index contributed by atoms with van der Waals surface area (Å²) in [5, 5.41) is 26.5. The van der Waals surface area contributed by atoms with Gasteiger partial charge in [-0.05, 0) is 48.4 Å². The maximum Gasteiger partial charge on any atom is 0.335 e. The number of aromatic carboxylic acids is 1. The van der Waals surface area contributed by atoms with Crippen LogP contribution in [0.15, 0.2) is 52.7 Å². The van der Waals surface area contributed by atoms with Gasteiger partial charge in [0, 0.05) is 0 Å². The van der Waals surface area contributed by atoms with E-state index in [-0.39, 0.29) is 11.3 Å². The lowest BCUT2D eigenvalue weighted by Gasteiger charge is -2.01. The van der Waals surface area contributed by atoms with E-state index in [0.717, 1.165) is 12.0 Å². The molecular formula is C15H14N2O3. The molecule has 0 fully saturated rings. The summed E-state index contributed by atoms with van der Waals surface area (Å²) >= 11 is 0. The van der Waals surface area contributed by atoms with Crippen molar-refractivity contribution in [1.29, 1.82) is 0 Å². The molecule has 2 aromatic carbocycles. The largest absolute Gasteiger partial charge is 0.506 e. The number of aryl methyl sites for hydroxylation is 1. The molecule has 0 saturated carbocycles. The van der Waals surface area contributed by atoms with Crippen LogP contribution in [0.25, 0.3) is 0 Å². The fourth-order valence-electron chi connectivity index (χ4n) is 1.66. The van der Waals surface area contributed by atoms with Gasteiger partial charge in [0.25, 0.3) is 0 Å². The Morgan fingerprint density at radius 3 is 2.35 bits per heavy atom. The van der Waals surface area contributed by atoms with Crippen molar-refractivity contribution in [3.05, 3.63) is 53.6 Å². The zero-order chi connectivity index (χ0) is 14.5. The Labute approximate surface area is 116 Å². The van der Waals surface area contributed by atoms with Gasteiger partial charge in [-0.25, -0.2) is 4.79 Å². The first-order chi connectivity index (χ1) is 9.60. The van der Waals surface area contributed by atoms with Crippen LogP contribution in [0.1, 0.15) is 22.8 Å². The zero-order valence-electron chi connectivity index (χ0n) is 10.9. The summed E-state index contributed by atoms with van der Waals surface area (Å²) in [5.74, 6) is -0.906. The predicted molar refractivity (Wildman–Crippen MR) is 75.1 cm³/mol. The Balaban J connectivity index is 2.18. The minimum atomic E-state index is -0.985. The van der Waals surface area contributed by atoms with Crippen molar-refractivity contribution in [2.45, 2.75) is 13.3 Å². The summed E-state index contributed by atoms with van der Waals surface area (Å²) in [5.41, 5.74) is 2.12. The van der Waals surface area contributed by atoms with E-state index in [4.69, 9.17) is 5.11 Å². The number of hydrogen-bond donors (Lipinski definition) is 2. The molecule has 5 heteroatoms. The summed E-state index contributed by atoms with van der Waals surface area (Å²) in [4.78, 5) is 10.7. The van der Waals surface area contributed by atoms with E-state index < -0.39 is 5.97 Å². The third-order valence-corrected chi connectivity index (χ3v) is 2.84. The van der Waals surface area contributed by atoms with Crippen molar-refractivity contribution in [3.63, 3.8) is 0 Å². The predicted octanol–water partition coefficient (Wildman–Crippen LogP) is 4.07. The van der Waals surface area contributed by atoms with Gasteiger partial charge in [-0.15, -0.1) is 5.11 Å². The van der Waals surface area contributed by atoms with Crippen LogP contribution in [0.4, 0.5) is 11.4 Å². The number of carboxylic acid groups (broad SMARTS) is 1. The van der Waals surface area contributed by atoms with Crippen LogP contribution in [-0.2, 0) is 6.42 Å². The van der Waals surface area contributed by atoms with Crippen molar-refractivity contribution < 1.29 is 15.0 Å². The number of phenolic OH excluding ortho intramolecular Hbond substituents is 1. The third-order valence-electron chi connectivity index (χ3n) is 2.84. The topological polar surface area (TPSA) is 82.2 Å². The van der Waals surface area contributed by atoms with E-state index in [2.05, 4.69) is 10.2 Å². The molecule has 0 aliphatic carbocycles. The Bertz CT molecular complexity index is 649. The van der Waals surface area contributed by atoms with Gasteiger partial charge in [0.15, 0.2) is 0 Å². The number of benzene rings is 2. The summed E-state index contributed by atoms with van der Waals surface area (Å²) < 4.78 is 0. The molecule has 0 amide bonds. The summed E-state index contributed by atoms with van der Waals surface area (Å²) in [6.45, 7) is 2.00. The highest BCUT2D eigenvalue weighted by atomic mass is 16.4. The molecule has 0 bridgehead atoms. The minimum absolute atomic E-state index is 0.0789. The highest BCUT2D eigenvalue weighted by Crippen LogP contribution is 2.29. The first-order valence-electron chi connectivity index (χ1n) is 6.17. The molecule has 102 valence electrons. The van der Waals surface area contributed by atoms with Crippen molar-refractivity contribution >= 4 is 17.3 Å². The van der Waals surface area contributed by atoms with Crippen LogP contribution in [-0.4, -0.2) is 16.2 Å². The molecule has 0 aliphatic heterocycles. The number of hydrogen-bond acceptors (Lipinski definition) is 4. The average molecular weight is 270 g/mol. The van der Waals surface area contributed by atoms with Crippen LogP contribution in [0.5, 0.6) is 5.75 Å². The Hall–Kier alpha value is -2.69. The first-order valence-corrected chi connectivity index (χ1v) is 6.17. The van der Waals surface area contributed by atoms with Crippen LogP contribution in [0, 0.1) is 0 Å². The molecule has 0 unspecified atom stereocenters. The lowest BCUT2D eigenvalue weighted by atomic mass is 10.1. The zero-order valence-corrected chi connectivity index (χ0v) is 10.9. The molecule has 5 nitrogen and oxygen atoms in total. The van der Waals surface area contributed by atoms with Crippen molar-refractivity contribution in [2.24, 2.45) is 10.2 Å². The van der Waals surface area contributed by atoms with E-state index in [1.807, 2.05) is 13.0 Å². The van der Waals surface area contributed by atoms with Crippen LogP contribution < -0.4 is 0 Å². The van der Waals surface area contributed by atoms with Crippen molar-refractivity contribution in [2.75, 3.05) is 0 Å². The number of rotatable bonds is 4. The van der Waals surface area contributed by atoms with Gasteiger partial charge in [0.05, 0.1) is 11.3 Å². The highest BCUT2D eigenvalue weighted by molar-refractivity contribution is 5.87. The Kier molecular flexibility index (Phi) is 4.10. The highest BCUT2D eigenvalue weighted by Gasteiger charge is 2.02.